The lowest BCUT2D eigenvalue weighted by molar-refractivity contribution is 0.0240. The number of ether oxygens (including phenoxy) is 1. The lowest BCUT2D eigenvalue weighted by Crippen LogP contribution is -2.50. The Morgan fingerprint density at radius 3 is 2.50 bits per heavy atom. The van der Waals surface area contributed by atoms with Crippen LogP contribution < -0.4 is 10.2 Å². The van der Waals surface area contributed by atoms with Crippen LogP contribution in [0.25, 0.3) is 22.0 Å². The van der Waals surface area contributed by atoms with Crippen LogP contribution in [0.4, 0.5) is 22.2 Å². The zero-order valence-corrected chi connectivity index (χ0v) is 20.7. The molecule has 0 bridgehead atoms. The predicted octanol–water partition coefficient (Wildman–Crippen LogP) is 4.89. The lowest BCUT2D eigenvalue weighted by Gasteiger charge is -2.36. The molecule has 0 spiro atoms. The predicted molar refractivity (Wildman–Crippen MR) is 140 cm³/mol. The fourth-order valence-corrected chi connectivity index (χ4v) is 4.16. The summed E-state index contributed by atoms with van der Waals surface area (Å²) in [6.07, 6.45) is 6.48. The third-order valence-corrected chi connectivity index (χ3v) is 5.83. The van der Waals surface area contributed by atoms with Crippen molar-refractivity contribution in [2.24, 2.45) is 0 Å². The van der Waals surface area contributed by atoms with E-state index in [4.69, 9.17) is 9.72 Å². The van der Waals surface area contributed by atoms with E-state index in [0.29, 0.717) is 37.8 Å². The molecule has 9 heteroatoms. The molecule has 1 fully saturated rings. The third-order valence-electron chi connectivity index (χ3n) is 5.83. The largest absolute Gasteiger partial charge is 0.444 e. The Hall–Kier alpha value is -4.27. The number of piperazine rings is 1. The van der Waals surface area contributed by atoms with Gasteiger partial charge in [0.25, 0.3) is 0 Å². The molecule has 1 saturated heterocycles. The number of benzene rings is 1. The summed E-state index contributed by atoms with van der Waals surface area (Å²) < 4.78 is 5.52. The number of hydrogen-bond donors (Lipinski definition) is 1. The number of nitrogens with one attached hydrogen (secondary N) is 1. The number of anilines is 3. The maximum absolute atomic E-state index is 12.4. The highest BCUT2D eigenvalue weighted by atomic mass is 16.6. The summed E-state index contributed by atoms with van der Waals surface area (Å²) in [6, 6.07) is 14.2. The van der Waals surface area contributed by atoms with Gasteiger partial charge in [0.05, 0.1) is 11.9 Å². The van der Waals surface area contributed by atoms with Crippen molar-refractivity contribution in [2.75, 3.05) is 36.4 Å². The first-order chi connectivity index (χ1) is 17.4. The molecule has 0 radical (unpaired) electrons. The van der Waals surface area contributed by atoms with Crippen molar-refractivity contribution < 1.29 is 9.53 Å². The number of fused-ring (bicyclic) bond motifs is 1. The molecule has 5 rings (SSSR count). The minimum Gasteiger partial charge on any atom is -0.444 e. The van der Waals surface area contributed by atoms with E-state index >= 15 is 0 Å². The van der Waals surface area contributed by atoms with Crippen LogP contribution in [0.15, 0.2) is 67.3 Å². The van der Waals surface area contributed by atoms with Gasteiger partial charge in [0.15, 0.2) is 0 Å². The van der Waals surface area contributed by atoms with Gasteiger partial charge in [0.2, 0.25) is 0 Å². The van der Waals surface area contributed by atoms with Gasteiger partial charge in [0, 0.05) is 55.7 Å². The average Bonchev–Trinajstić information content (AvgIpc) is 2.88. The Morgan fingerprint density at radius 1 is 0.944 bits per heavy atom. The minimum absolute atomic E-state index is 0.271. The zero-order chi connectivity index (χ0) is 25.1. The molecule has 36 heavy (non-hydrogen) atoms. The molecule has 1 aliphatic rings. The van der Waals surface area contributed by atoms with Crippen LogP contribution >= 0.6 is 0 Å². The summed E-state index contributed by atoms with van der Waals surface area (Å²) in [6.45, 7) is 8.17. The molecule has 0 aliphatic carbocycles. The molecule has 1 N–H and O–H groups in total. The number of amides is 1. The van der Waals surface area contributed by atoms with Gasteiger partial charge in [0.1, 0.15) is 23.1 Å². The van der Waals surface area contributed by atoms with Gasteiger partial charge in [-0.25, -0.2) is 19.7 Å². The SMILES string of the molecule is CC(C)(C)OC(=O)N1CCN(c2cc(-c3nc(Nc4cnccn4)cc4ccccc34)ccn2)CC1. The molecule has 9 nitrogen and oxygen atoms in total. The van der Waals surface area contributed by atoms with Crippen LogP contribution in [0.2, 0.25) is 0 Å². The molecular formula is C27H29N7O2. The Bertz CT molecular complexity index is 1360. The van der Waals surface area contributed by atoms with Crippen molar-refractivity contribution in [2.45, 2.75) is 26.4 Å². The molecule has 184 valence electrons. The van der Waals surface area contributed by atoms with Crippen LogP contribution in [0.1, 0.15) is 20.8 Å². The van der Waals surface area contributed by atoms with Crippen molar-refractivity contribution in [3.05, 3.63) is 67.3 Å². The second kappa shape index (κ2) is 9.77. The molecule has 3 aromatic heterocycles. The van der Waals surface area contributed by atoms with Gasteiger partial charge >= 0.3 is 6.09 Å². The number of rotatable bonds is 4. The van der Waals surface area contributed by atoms with Gasteiger partial charge < -0.3 is 19.9 Å². The first-order valence-corrected chi connectivity index (χ1v) is 12.0. The van der Waals surface area contributed by atoms with Gasteiger partial charge in [-0.15, -0.1) is 0 Å². The van der Waals surface area contributed by atoms with E-state index in [-0.39, 0.29) is 6.09 Å². The van der Waals surface area contributed by atoms with E-state index in [1.165, 1.54) is 0 Å². The summed E-state index contributed by atoms with van der Waals surface area (Å²) in [5.74, 6) is 2.17. The minimum atomic E-state index is -0.504. The second-order valence-electron chi connectivity index (χ2n) is 9.65. The molecule has 1 aromatic carbocycles. The molecule has 0 atom stereocenters. The lowest BCUT2D eigenvalue weighted by atomic mass is 10.0. The molecule has 0 unspecified atom stereocenters. The van der Waals surface area contributed by atoms with Crippen LogP contribution in [0.3, 0.4) is 0 Å². The zero-order valence-electron chi connectivity index (χ0n) is 20.7. The van der Waals surface area contributed by atoms with Gasteiger partial charge in [-0.1, -0.05) is 24.3 Å². The third kappa shape index (κ3) is 5.35. The van der Waals surface area contributed by atoms with Gasteiger partial charge in [-0.05, 0) is 44.4 Å². The molecular weight excluding hydrogens is 454 g/mol. The monoisotopic (exact) mass is 483 g/mol. The Morgan fingerprint density at radius 2 is 1.75 bits per heavy atom. The van der Waals surface area contributed by atoms with E-state index in [9.17, 15) is 4.79 Å². The van der Waals surface area contributed by atoms with Crippen LogP contribution in [0.5, 0.6) is 0 Å². The number of aromatic nitrogens is 4. The number of nitrogens with zero attached hydrogens (tertiary/aromatic N) is 6. The maximum Gasteiger partial charge on any atom is 0.410 e. The molecule has 1 aliphatic heterocycles. The van der Waals surface area contributed by atoms with Crippen molar-refractivity contribution >= 4 is 34.3 Å². The number of carbonyl (C=O) groups excluding carboxylic acids is 1. The molecule has 4 heterocycles. The van der Waals surface area contributed by atoms with E-state index < -0.39 is 5.60 Å². The standard InChI is InChI=1S/C27H29N7O2/c1-27(2,3)36-26(35)34-14-12-33(13-15-34)24-17-20(8-9-30-24)25-21-7-5-4-6-19(21)16-22(32-25)31-23-18-28-10-11-29-23/h4-11,16-18H,12-15H2,1-3H3,(H,29,31,32). The normalized spacial score (nSPS) is 14.1. The smallest absolute Gasteiger partial charge is 0.410 e. The van der Waals surface area contributed by atoms with Crippen molar-refractivity contribution in [3.63, 3.8) is 0 Å². The summed E-state index contributed by atoms with van der Waals surface area (Å²) in [5.41, 5.74) is 1.32. The fourth-order valence-electron chi connectivity index (χ4n) is 4.16. The van der Waals surface area contributed by atoms with E-state index in [1.54, 1.807) is 23.5 Å². The van der Waals surface area contributed by atoms with Crippen molar-refractivity contribution in [1.29, 1.82) is 0 Å². The van der Waals surface area contributed by atoms with E-state index in [2.05, 4.69) is 43.4 Å². The number of carbonyl (C=O) groups is 1. The highest BCUT2D eigenvalue weighted by molar-refractivity contribution is 5.96. The Kier molecular flexibility index (Phi) is 6.37. The van der Waals surface area contributed by atoms with Crippen LogP contribution in [-0.2, 0) is 4.74 Å². The summed E-state index contributed by atoms with van der Waals surface area (Å²) in [5, 5.41) is 5.37. The summed E-state index contributed by atoms with van der Waals surface area (Å²) >= 11 is 0. The average molecular weight is 484 g/mol. The van der Waals surface area contributed by atoms with Crippen molar-refractivity contribution in [1.82, 2.24) is 24.8 Å². The highest BCUT2D eigenvalue weighted by Gasteiger charge is 2.26. The molecule has 1 amide bonds. The highest BCUT2D eigenvalue weighted by Crippen LogP contribution is 2.31. The second-order valence-corrected chi connectivity index (χ2v) is 9.65. The number of pyridine rings is 2. The maximum atomic E-state index is 12.4. The Balaban J connectivity index is 1.40. The van der Waals surface area contributed by atoms with Gasteiger partial charge in [-0.2, -0.15) is 0 Å². The quantitative estimate of drug-likeness (QED) is 0.438. The fraction of sp³-hybridized carbons (Fsp3) is 0.296. The van der Waals surface area contributed by atoms with Gasteiger partial charge in [-0.3, -0.25) is 4.98 Å². The molecule has 4 aromatic rings. The summed E-state index contributed by atoms with van der Waals surface area (Å²) in [4.78, 5) is 34.3. The number of hydrogen-bond acceptors (Lipinski definition) is 8. The summed E-state index contributed by atoms with van der Waals surface area (Å²) in [7, 11) is 0. The van der Waals surface area contributed by atoms with E-state index in [1.807, 2.05) is 51.2 Å². The van der Waals surface area contributed by atoms with Crippen molar-refractivity contribution in [3.8, 4) is 11.3 Å². The topological polar surface area (TPSA) is 96.4 Å². The first-order valence-electron chi connectivity index (χ1n) is 12.0. The van der Waals surface area contributed by atoms with Crippen LogP contribution in [0, 0.1) is 0 Å². The molecule has 0 saturated carbocycles. The Labute approximate surface area is 210 Å². The van der Waals surface area contributed by atoms with Crippen LogP contribution in [-0.4, -0.2) is 62.7 Å². The first kappa shape index (κ1) is 23.5. The van der Waals surface area contributed by atoms with E-state index in [0.717, 1.165) is 27.8 Å².